The number of hydrogen-bond donors (Lipinski definition) is 0. The predicted molar refractivity (Wildman–Crippen MR) is 75.8 cm³/mol. The third-order valence-corrected chi connectivity index (χ3v) is 3.82. The molecule has 0 aromatic rings. The molecule has 0 N–H and O–H groups in total. The molecule has 0 unspecified atom stereocenters. The van der Waals surface area contributed by atoms with Crippen molar-refractivity contribution in [3.05, 3.63) is 23.5 Å². The van der Waals surface area contributed by atoms with Crippen LogP contribution in [-0.4, -0.2) is 79.5 Å². The van der Waals surface area contributed by atoms with Crippen molar-refractivity contribution < 1.29 is 4.58 Å². The monoisotopic (exact) mass is 249 g/mol. The lowest BCUT2D eigenvalue weighted by atomic mass is 10.2. The minimum Gasteiger partial charge on any atom is -0.360 e. The fraction of sp³-hybridized carbons (Fsp3) is 0.643. The van der Waals surface area contributed by atoms with Gasteiger partial charge in [-0.2, -0.15) is 0 Å². The van der Waals surface area contributed by atoms with Gasteiger partial charge in [0.2, 0.25) is 0 Å². The Morgan fingerprint density at radius 2 is 1.67 bits per heavy atom. The van der Waals surface area contributed by atoms with Crippen molar-refractivity contribution >= 4 is 5.84 Å². The summed E-state index contributed by atoms with van der Waals surface area (Å²) >= 11 is 0. The molecule has 0 amide bonds. The van der Waals surface area contributed by atoms with Crippen LogP contribution in [0.3, 0.4) is 0 Å². The van der Waals surface area contributed by atoms with Crippen LogP contribution in [-0.2, 0) is 0 Å². The Morgan fingerprint density at radius 3 is 2.17 bits per heavy atom. The minimum absolute atomic E-state index is 1.12. The number of nitrogens with zero attached hydrogens (tertiary/aromatic N) is 4. The summed E-state index contributed by atoms with van der Waals surface area (Å²) in [5, 5.41) is 0. The van der Waals surface area contributed by atoms with E-state index in [0.29, 0.717) is 0 Å². The number of likely N-dealkylation sites (N-methyl/N-ethyl adjacent to an activating group) is 4. The number of allylic oxidation sites excluding steroid dienone is 2. The first-order valence-electron chi connectivity index (χ1n) is 6.60. The fourth-order valence-corrected chi connectivity index (χ4v) is 2.53. The van der Waals surface area contributed by atoms with Crippen molar-refractivity contribution in [3.8, 4) is 0 Å². The molecule has 100 valence electrons. The molecule has 4 heteroatoms. The Morgan fingerprint density at radius 1 is 1.06 bits per heavy atom. The molecule has 2 rings (SSSR count). The summed E-state index contributed by atoms with van der Waals surface area (Å²) in [6.45, 7) is 6.65. The van der Waals surface area contributed by atoms with Gasteiger partial charge in [0.1, 0.15) is 18.9 Å². The number of amidine groups is 1. The highest BCUT2D eigenvalue weighted by molar-refractivity contribution is 5.90. The minimum atomic E-state index is 1.12. The normalized spacial score (nSPS) is 21.5. The van der Waals surface area contributed by atoms with Gasteiger partial charge in [-0.25, -0.2) is 0 Å². The van der Waals surface area contributed by atoms with Gasteiger partial charge in [0.15, 0.2) is 0 Å². The zero-order valence-electron chi connectivity index (χ0n) is 12.3. The molecule has 0 radical (unpaired) electrons. The Bertz CT molecular complexity index is 408. The Balaban J connectivity index is 2.19. The van der Waals surface area contributed by atoms with Gasteiger partial charge < -0.3 is 9.80 Å². The standard InChI is InChI=1S/C14H25N4/c1-12(10-13-15(2)6-7-16(13)3)11-14-17(4)8-9-18(14)5/h10-11H,6-9H2,1-5H3/q+1. The van der Waals surface area contributed by atoms with Crippen LogP contribution < -0.4 is 0 Å². The van der Waals surface area contributed by atoms with E-state index in [1.165, 1.54) is 17.2 Å². The quantitative estimate of drug-likeness (QED) is 0.667. The van der Waals surface area contributed by atoms with Crippen molar-refractivity contribution in [2.75, 3.05) is 54.4 Å². The Hall–Kier alpha value is -1.45. The maximum absolute atomic E-state index is 2.31. The second-order valence-electron chi connectivity index (χ2n) is 5.44. The molecule has 4 nitrogen and oxygen atoms in total. The molecule has 0 atom stereocenters. The largest absolute Gasteiger partial charge is 0.360 e. The molecule has 1 saturated heterocycles. The van der Waals surface area contributed by atoms with Gasteiger partial charge in [-0.15, -0.1) is 0 Å². The molecule has 0 spiro atoms. The van der Waals surface area contributed by atoms with E-state index in [1.807, 2.05) is 0 Å². The molecule has 2 aliphatic rings. The van der Waals surface area contributed by atoms with Crippen molar-refractivity contribution in [3.63, 3.8) is 0 Å². The van der Waals surface area contributed by atoms with Crippen LogP contribution in [0.15, 0.2) is 23.5 Å². The topological polar surface area (TPSA) is 12.7 Å². The molecule has 0 saturated carbocycles. The molecule has 0 bridgehead atoms. The van der Waals surface area contributed by atoms with E-state index in [4.69, 9.17) is 0 Å². The summed E-state index contributed by atoms with van der Waals surface area (Å²) in [7, 11) is 8.63. The van der Waals surface area contributed by atoms with Crippen LogP contribution in [0.2, 0.25) is 0 Å². The highest BCUT2D eigenvalue weighted by Crippen LogP contribution is 2.16. The fourth-order valence-electron chi connectivity index (χ4n) is 2.53. The van der Waals surface area contributed by atoms with Crippen molar-refractivity contribution in [2.45, 2.75) is 6.92 Å². The van der Waals surface area contributed by atoms with Gasteiger partial charge in [0, 0.05) is 33.3 Å². The Labute approximate surface area is 110 Å². The van der Waals surface area contributed by atoms with Crippen LogP contribution >= 0.6 is 0 Å². The smallest absolute Gasteiger partial charge is 0.271 e. The summed E-state index contributed by atoms with van der Waals surface area (Å²) in [5.74, 6) is 2.63. The molecule has 1 fully saturated rings. The van der Waals surface area contributed by atoms with E-state index < -0.39 is 0 Å². The summed E-state index contributed by atoms with van der Waals surface area (Å²) in [6, 6.07) is 0. The third kappa shape index (κ3) is 2.52. The first kappa shape index (κ1) is 13.0. The maximum atomic E-state index is 2.31. The second kappa shape index (κ2) is 5.04. The summed E-state index contributed by atoms with van der Waals surface area (Å²) < 4.78 is 2.31. The maximum Gasteiger partial charge on any atom is 0.271 e. The highest BCUT2D eigenvalue weighted by Gasteiger charge is 2.23. The van der Waals surface area contributed by atoms with Crippen LogP contribution in [0.5, 0.6) is 0 Å². The first-order chi connectivity index (χ1) is 8.49. The van der Waals surface area contributed by atoms with Crippen LogP contribution in [0.25, 0.3) is 0 Å². The zero-order valence-corrected chi connectivity index (χ0v) is 12.3. The molecule has 2 aliphatic heterocycles. The zero-order chi connectivity index (χ0) is 13.3. The molecule has 18 heavy (non-hydrogen) atoms. The lowest BCUT2D eigenvalue weighted by Gasteiger charge is -2.17. The average molecular weight is 249 g/mol. The van der Waals surface area contributed by atoms with Crippen molar-refractivity contribution in [1.29, 1.82) is 0 Å². The predicted octanol–water partition coefficient (Wildman–Crippen LogP) is 0.638. The van der Waals surface area contributed by atoms with Crippen molar-refractivity contribution in [1.82, 2.24) is 14.7 Å². The number of hydrogen-bond acceptors (Lipinski definition) is 3. The highest BCUT2D eigenvalue weighted by atomic mass is 15.4. The Kier molecular flexibility index (Phi) is 3.64. The van der Waals surface area contributed by atoms with Crippen LogP contribution in [0, 0.1) is 0 Å². The van der Waals surface area contributed by atoms with Crippen LogP contribution in [0.1, 0.15) is 6.92 Å². The molecular formula is C14H25N4+. The molecule has 2 heterocycles. The van der Waals surface area contributed by atoms with Gasteiger partial charge in [0.05, 0.1) is 14.1 Å². The molecular weight excluding hydrogens is 224 g/mol. The lowest BCUT2D eigenvalue weighted by molar-refractivity contribution is -0.485. The van der Waals surface area contributed by atoms with Gasteiger partial charge in [-0.05, 0) is 18.6 Å². The van der Waals surface area contributed by atoms with Gasteiger partial charge in [0.25, 0.3) is 5.84 Å². The van der Waals surface area contributed by atoms with Gasteiger partial charge in [-0.1, -0.05) is 0 Å². The van der Waals surface area contributed by atoms with Crippen LogP contribution in [0.4, 0.5) is 0 Å². The van der Waals surface area contributed by atoms with E-state index in [2.05, 4.69) is 66.5 Å². The molecule has 0 aromatic heterocycles. The number of rotatable bonds is 2. The van der Waals surface area contributed by atoms with Gasteiger partial charge in [-0.3, -0.25) is 9.48 Å². The average Bonchev–Trinajstić information content (AvgIpc) is 2.79. The van der Waals surface area contributed by atoms with E-state index >= 15 is 0 Å². The SMILES string of the molecule is C/C(C=C1N(C)CCN1C)=C\C1=[N+](C)CCN1C. The van der Waals surface area contributed by atoms with E-state index in [-0.39, 0.29) is 0 Å². The van der Waals surface area contributed by atoms with E-state index in [0.717, 1.165) is 26.2 Å². The van der Waals surface area contributed by atoms with Crippen molar-refractivity contribution in [2.24, 2.45) is 0 Å². The van der Waals surface area contributed by atoms with E-state index in [1.54, 1.807) is 0 Å². The van der Waals surface area contributed by atoms with E-state index in [9.17, 15) is 0 Å². The first-order valence-corrected chi connectivity index (χ1v) is 6.60. The summed E-state index contributed by atoms with van der Waals surface area (Å²) in [4.78, 5) is 6.93. The summed E-state index contributed by atoms with van der Waals surface area (Å²) in [5.41, 5.74) is 1.31. The lowest BCUT2D eigenvalue weighted by Crippen LogP contribution is -2.23. The summed E-state index contributed by atoms with van der Waals surface area (Å²) in [6.07, 6.45) is 4.56. The molecule has 0 aromatic carbocycles. The molecule has 0 aliphatic carbocycles. The third-order valence-electron chi connectivity index (χ3n) is 3.82. The second-order valence-corrected chi connectivity index (χ2v) is 5.44. The van der Waals surface area contributed by atoms with Gasteiger partial charge >= 0.3 is 0 Å².